The maximum absolute atomic E-state index is 4.42. The molecule has 0 saturated carbocycles. The summed E-state index contributed by atoms with van der Waals surface area (Å²) in [5.74, 6) is 5.22. The Morgan fingerprint density at radius 2 is 2.05 bits per heavy atom. The van der Waals surface area contributed by atoms with Crippen molar-refractivity contribution in [1.29, 1.82) is 0 Å². The molecule has 19 heavy (non-hydrogen) atoms. The number of aromatic nitrogens is 2. The van der Waals surface area contributed by atoms with Gasteiger partial charge in [0.25, 0.3) is 0 Å². The molecule has 2 heterocycles. The lowest BCUT2D eigenvalue weighted by Crippen LogP contribution is -2.33. The molecule has 1 aliphatic heterocycles. The zero-order chi connectivity index (χ0) is 13.7. The Balaban J connectivity index is 2.01. The monoisotopic (exact) mass is 280 g/mol. The molecule has 0 atom stereocenters. The molecule has 0 amide bonds. The van der Waals surface area contributed by atoms with Gasteiger partial charge in [0.1, 0.15) is 18.0 Å². The van der Waals surface area contributed by atoms with E-state index in [2.05, 4.69) is 46.7 Å². The fourth-order valence-corrected chi connectivity index (χ4v) is 2.98. The standard InChI is InChI=1S/C14H24N4S/c1-12(2)4-5-17(3)13-10-14(16-11-15-13)18-6-8-19-9-7-18/h10-12H,4-9H2,1-3H3. The summed E-state index contributed by atoms with van der Waals surface area (Å²) in [6, 6.07) is 2.12. The summed E-state index contributed by atoms with van der Waals surface area (Å²) < 4.78 is 0. The quantitative estimate of drug-likeness (QED) is 0.827. The van der Waals surface area contributed by atoms with Crippen LogP contribution in [0.25, 0.3) is 0 Å². The highest BCUT2D eigenvalue weighted by atomic mass is 32.2. The minimum absolute atomic E-state index is 0.725. The van der Waals surface area contributed by atoms with E-state index in [1.165, 1.54) is 17.9 Å². The molecule has 1 aromatic rings. The van der Waals surface area contributed by atoms with Crippen LogP contribution in [0.2, 0.25) is 0 Å². The molecule has 0 unspecified atom stereocenters. The predicted molar refractivity (Wildman–Crippen MR) is 84.3 cm³/mol. The number of rotatable bonds is 5. The molecule has 0 N–H and O–H groups in total. The summed E-state index contributed by atoms with van der Waals surface area (Å²) in [4.78, 5) is 13.4. The molecule has 106 valence electrons. The maximum Gasteiger partial charge on any atom is 0.134 e. The number of nitrogens with zero attached hydrogens (tertiary/aromatic N) is 4. The first-order valence-electron chi connectivity index (χ1n) is 7.02. The highest BCUT2D eigenvalue weighted by molar-refractivity contribution is 7.99. The molecule has 1 aliphatic rings. The average Bonchev–Trinajstić information content (AvgIpc) is 2.46. The van der Waals surface area contributed by atoms with Crippen LogP contribution in [0.3, 0.4) is 0 Å². The first-order valence-corrected chi connectivity index (χ1v) is 8.18. The molecule has 0 spiro atoms. The van der Waals surface area contributed by atoms with Crippen LogP contribution in [0.5, 0.6) is 0 Å². The van der Waals surface area contributed by atoms with Gasteiger partial charge in [-0.3, -0.25) is 0 Å². The molecular weight excluding hydrogens is 256 g/mol. The van der Waals surface area contributed by atoms with Gasteiger partial charge < -0.3 is 9.80 Å². The Labute approximate surface area is 120 Å². The Morgan fingerprint density at radius 3 is 2.74 bits per heavy atom. The van der Waals surface area contributed by atoms with Crippen molar-refractivity contribution in [2.24, 2.45) is 5.92 Å². The Kier molecular flexibility index (Phi) is 5.31. The van der Waals surface area contributed by atoms with Gasteiger partial charge in [-0.2, -0.15) is 11.8 Å². The minimum atomic E-state index is 0.725. The predicted octanol–water partition coefficient (Wildman–Crippen LogP) is 2.51. The first-order chi connectivity index (χ1) is 9.16. The van der Waals surface area contributed by atoms with Gasteiger partial charge in [0.15, 0.2) is 0 Å². The van der Waals surface area contributed by atoms with Crippen molar-refractivity contribution >= 4 is 23.4 Å². The van der Waals surface area contributed by atoms with Gasteiger partial charge >= 0.3 is 0 Å². The fraction of sp³-hybridized carbons (Fsp3) is 0.714. The zero-order valence-corrected chi connectivity index (χ0v) is 13.0. The molecule has 0 radical (unpaired) electrons. The molecule has 1 fully saturated rings. The van der Waals surface area contributed by atoms with Gasteiger partial charge in [-0.1, -0.05) is 13.8 Å². The van der Waals surface area contributed by atoms with Crippen LogP contribution in [0, 0.1) is 5.92 Å². The SMILES string of the molecule is CC(C)CCN(C)c1cc(N2CCSCC2)ncn1. The third-order valence-electron chi connectivity index (χ3n) is 3.41. The smallest absolute Gasteiger partial charge is 0.134 e. The summed E-state index contributed by atoms with van der Waals surface area (Å²) in [5, 5.41) is 0. The van der Waals surface area contributed by atoms with E-state index in [1.54, 1.807) is 6.33 Å². The molecule has 2 rings (SSSR count). The second-order valence-corrected chi connectivity index (χ2v) is 6.66. The minimum Gasteiger partial charge on any atom is -0.360 e. The largest absolute Gasteiger partial charge is 0.360 e. The fourth-order valence-electron chi connectivity index (χ4n) is 2.08. The molecule has 0 bridgehead atoms. The van der Waals surface area contributed by atoms with E-state index in [0.29, 0.717) is 0 Å². The maximum atomic E-state index is 4.42. The average molecular weight is 280 g/mol. The Morgan fingerprint density at radius 1 is 1.32 bits per heavy atom. The molecule has 1 saturated heterocycles. The van der Waals surface area contributed by atoms with Gasteiger partial charge in [-0.25, -0.2) is 9.97 Å². The van der Waals surface area contributed by atoms with Crippen LogP contribution in [-0.2, 0) is 0 Å². The molecule has 0 aromatic carbocycles. The van der Waals surface area contributed by atoms with E-state index in [4.69, 9.17) is 0 Å². The lowest BCUT2D eigenvalue weighted by atomic mass is 10.1. The van der Waals surface area contributed by atoms with Gasteiger partial charge in [0, 0.05) is 44.3 Å². The normalized spacial score (nSPS) is 15.9. The Hall–Kier alpha value is -0.970. The van der Waals surface area contributed by atoms with Gasteiger partial charge in [0.2, 0.25) is 0 Å². The zero-order valence-electron chi connectivity index (χ0n) is 12.2. The molecule has 5 heteroatoms. The van der Waals surface area contributed by atoms with Crippen molar-refractivity contribution in [3.05, 3.63) is 12.4 Å². The van der Waals surface area contributed by atoms with Crippen molar-refractivity contribution in [3.8, 4) is 0 Å². The lowest BCUT2D eigenvalue weighted by Gasteiger charge is -2.28. The highest BCUT2D eigenvalue weighted by Gasteiger charge is 2.14. The summed E-state index contributed by atoms with van der Waals surface area (Å²) in [6.45, 7) is 7.74. The second kappa shape index (κ2) is 6.98. The number of anilines is 2. The number of hydrogen-bond donors (Lipinski definition) is 0. The number of hydrogen-bond acceptors (Lipinski definition) is 5. The Bertz CT molecular complexity index is 391. The van der Waals surface area contributed by atoms with Crippen LogP contribution >= 0.6 is 11.8 Å². The van der Waals surface area contributed by atoms with Crippen LogP contribution in [0.1, 0.15) is 20.3 Å². The molecule has 0 aliphatic carbocycles. The van der Waals surface area contributed by atoms with Crippen molar-refractivity contribution in [1.82, 2.24) is 9.97 Å². The van der Waals surface area contributed by atoms with Crippen LogP contribution in [0.4, 0.5) is 11.6 Å². The van der Waals surface area contributed by atoms with Crippen molar-refractivity contribution in [3.63, 3.8) is 0 Å². The van der Waals surface area contributed by atoms with E-state index in [-0.39, 0.29) is 0 Å². The first kappa shape index (κ1) is 14.4. The van der Waals surface area contributed by atoms with Crippen molar-refractivity contribution in [2.45, 2.75) is 20.3 Å². The lowest BCUT2D eigenvalue weighted by molar-refractivity contribution is 0.583. The summed E-state index contributed by atoms with van der Waals surface area (Å²) in [7, 11) is 2.11. The van der Waals surface area contributed by atoms with Crippen LogP contribution in [0.15, 0.2) is 12.4 Å². The van der Waals surface area contributed by atoms with Crippen molar-refractivity contribution in [2.75, 3.05) is 48.0 Å². The van der Waals surface area contributed by atoms with E-state index < -0.39 is 0 Å². The molecular formula is C14H24N4S. The van der Waals surface area contributed by atoms with E-state index in [9.17, 15) is 0 Å². The van der Waals surface area contributed by atoms with E-state index in [1.807, 2.05) is 11.8 Å². The van der Waals surface area contributed by atoms with E-state index >= 15 is 0 Å². The van der Waals surface area contributed by atoms with Gasteiger partial charge in [-0.05, 0) is 12.3 Å². The topological polar surface area (TPSA) is 32.3 Å². The highest BCUT2D eigenvalue weighted by Crippen LogP contribution is 2.20. The summed E-state index contributed by atoms with van der Waals surface area (Å²) in [5.41, 5.74) is 0. The van der Waals surface area contributed by atoms with E-state index in [0.717, 1.165) is 37.2 Å². The van der Waals surface area contributed by atoms with Crippen molar-refractivity contribution < 1.29 is 0 Å². The van der Waals surface area contributed by atoms with Crippen LogP contribution < -0.4 is 9.80 Å². The number of thioether (sulfide) groups is 1. The third kappa shape index (κ3) is 4.27. The van der Waals surface area contributed by atoms with Gasteiger partial charge in [0.05, 0.1) is 0 Å². The molecule has 1 aromatic heterocycles. The summed E-state index contributed by atoms with van der Waals surface area (Å²) in [6.07, 6.45) is 2.88. The molecule has 4 nitrogen and oxygen atoms in total. The second-order valence-electron chi connectivity index (χ2n) is 5.44. The third-order valence-corrected chi connectivity index (χ3v) is 4.35. The summed E-state index contributed by atoms with van der Waals surface area (Å²) >= 11 is 2.02. The van der Waals surface area contributed by atoms with Crippen LogP contribution in [-0.4, -0.2) is 48.2 Å². The van der Waals surface area contributed by atoms with Gasteiger partial charge in [-0.15, -0.1) is 0 Å².